The first-order valence-electron chi connectivity index (χ1n) is 3.69. The summed E-state index contributed by atoms with van der Waals surface area (Å²) in [6.07, 6.45) is 0. The van der Waals surface area contributed by atoms with Crippen LogP contribution in [-0.4, -0.2) is 4.98 Å². The SMILES string of the molecule is Fc1cc(Br)c2nc(Cl)c(Br)cc2c1. The van der Waals surface area contributed by atoms with E-state index in [9.17, 15) is 4.39 Å². The smallest absolute Gasteiger partial charge is 0.143 e. The molecule has 1 heterocycles. The third kappa shape index (κ3) is 1.78. The molecule has 0 radical (unpaired) electrons. The highest BCUT2D eigenvalue weighted by Crippen LogP contribution is 2.29. The topological polar surface area (TPSA) is 12.9 Å². The number of fused-ring (bicyclic) bond motifs is 1. The molecule has 0 fully saturated rings. The van der Waals surface area contributed by atoms with E-state index in [1.807, 2.05) is 0 Å². The van der Waals surface area contributed by atoms with Gasteiger partial charge < -0.3 is 0 Å². The molecule has 0 bridgehead atoms. The van der Waals surface area contributed by atoms with E-state index in [4.69, 9.17) is 11.6 Å². The highest BCUT2D eigenvalue weighted by Gasteiger charge is 2.07. The third-order valence-corrected chi connectivity index (χ3v) is 3.47. The van der Waals surface area contributed by atoms with Crippen molar-refractivity contribution in [1.29, 1.82) is 0 Å². The minimum absolute atomic E-state index is 0.305. The van der Waals surface area contributed by atoms with Crippen LogP contribution in [0.3, 0.4) is 0 Å². The number of pyridine rings is 1. The Labute approximate surface area is 102 Å². The number of aromatic nitrogens is 1. The van der Waals surface area contributed by atoms with E-state index in [1.54, 1.807) is 6.07 Å². The van der Waals surface area contributed by atoms with Gasteiger partial charge in [0.05, 0.1) is 9.99 Å². The van der Waals surface area contributed by atoms with Crippen LogP contribution in [0.1, 0.15) is 0 Å². The fraction of sp³-hybridized carbons (Fsp3) is 0. The van der Waals surface area contributed by atoms with Gasteiger partial charge in [-0.3, -0.25) is 0 Å². The number of rotatable bonds is 0. The highest BCUT2D eigenvalue weighted by atomic mass is 79.9. The predicted molar refractivity (Wildman–Crippen MR) is 62.1 cm³/mol. The Hall–Kier alpha value is -0.190. The molecule has 0 saturated carbocycles. The summed E-state index contributed by atoms with van der Waals surface area (Å²) in [6, 6.07) is 4.51. The van der Waals surface area contributed by atoms with Crippen LogP contribution in [0.5, 0.6) is 0 Å². The molecule has 14 heavy (non-hydrogen) atoms. The van der Waals surface area contributed by atoms with E-state index in [0.717, 1.165) is 0 Å². The van der Waals surface area contributed by atoms with E-state index < -0.39 is 0 Å². The molecule has 0 spiro atoms. The van der Waals surface area contributed by atoms with E-state index in [2.05, 4.69) is 36.8 Å². The zero-order chi connectivity index (χ0) is 10.3. The number of halogens is 4. The second-order valence-corrected chi connectivity index (χ2v) is 4.79. The molecular formula is C9H3Br2ClFN. The lowest BCUT2D eigenvalue weighted by molar-refractivity contribution is 0.629. The molecule has 0 unspecified atom stereocenters. The summed E-state index contributed by atoms with van der Waals surface area (Å²) in [5, 5.41) is 1.07. The fourth-order valence-corrected chi connectivity index (χ4v) is 2.17. The van der Waals surface area contributed by atoms with Crippen molar-refractivity contribution in [1.82, 2.24) is 4.98 Å². The van der Waals surface area contributed by atoms with Crippen molar-refractivity contribution >= 4 is 54.4 Å². The van der Waals surface area contributed by atoms with Crippen LogP contribution >= 0.6 is 43.5 Å². The molecular weight excluding hydrogens is 336 g/mol. The van der Waals surface area contributed by atoms with Crippen LogP contribution in [-0.2, 0) is 0 Å². The van der Waals surface area contributed by atoms with Gasteiger partial charge in [-0.15, -0.1) is 0 Å². The average molecular weight is 339 g/mol. The Kier molecular flexibility index (Phi) is 2.77. The van der Waals surface area contributed by atoms with Crippen molar-refractivity contribution < 1.29 is 4.39 Å². The molecule has 2 aromatic rings. The summed E-state index contributed by atoms with van der Waals surface area (Å²) in [4.78, 5) is 4.12. The minimum Gasteiger partial charge on any atom is -0.234 e. The predicted octanol–water partition coefficient (Wildman–Crippen LogP) is 4.55. The summed E-state index contributed by atoms with van der Waals surface area (Å²) in [5.41, 5.74) is 0.652. The molecule has 72 valence electrons. The monoisotopic (exact) mass is 337 g/mol. The number of hydrogen-bond donors (Lipinski definition) is 0. The first-order chi connectivity index (χ1) is 6.58. The van der Waals surface area contributed by atoms with Crippen molar-refractivity contribution in [2.24, 2.45) is 0 Å². The van der Waals surface area contributed by atoms with Crippen LogP contribution in [0.15, 0.2) is 27.1 Å². The van der Waals surface area contributed by atoms with Crippen LogP contribution < -0.4 is 0 Å². The van der Waals surface area contributed by atoms with Gasteiger partial charge >= 0.3 is 0 Å². The number of nitrogens with zero attached hydrogens (tertiary/aromatic N) is 1. The fourth-order valence-electron chi connectivity index (χ4n) is 1.16. The van der Waals surface area contributed by atoms with Crippen molar-refractivity contribution in [2.75, 3.05) is 0 Å². The van der Waals surface area contributed by atoms with Gasteiger partial charge in [-0.25, -0.2) is 9.37 Å². The largest absolute Gasteiger partial charge is 0.234 e. The summed E-state index contributed by atoms with van der Waals surface area (Å²) < 4.78 is 14.3. The molecule has 0 N–H and O–H groups in total. The zero-order valence-electron chi connectivity index (χ0n) is 6.69. The standard InChI is InChI=1S/C9H3Br2ClFN/c10-6-3-5(13)1-4-2-7(11)9(12)14-8(4)6/h1-3H. The maximum atomic E-state index is 13.0. The van der Waals surface area contributed by atoms with E-state index in [1.165, 1.54) is 12.1 Å². The highest BCUT2D eigenvalue weighted by molar-refractivity contribution is 9.11. The second-order valence-electron chi connectivity index (χ2n) is 2.72. The lowest BCUT2D eigenvalue weighted by atomic mass is 10.2. The summed E-state index contributed by atoms with van der Waals surface area (Å²) in [6.45, 7) is 0. The van der Waals surface area contributed by atoms with Gasteiger partial charge in [0.25, 0.3) is 0 Å². The summed E-state index contributed by atoms with van der Waals surface area (Å²) in [7, 11) is 0. The second kappa shape index (κ2) is 3.76. The van der Waals surface area contributed by atoms with Crippen LogP contribution in [0.2, 0.25) is 5.15 Å². The molecule has 2 rings (SSSR count). The molecule has 0 aliphatic carbocycles. The molecule has 0 saturated heterocycles. The van der Waals surface area contributed by atoms with Crippen molar-refractivity contribution in [3.8, 4) is 0 Å². The number of hydrogen-bond acceptors (Lipinski definition) is 1. The van der Waals surface area contributed by atoms with Gasteiger partial charge in [-0.1, -0.05) is 11.6 Å². The molecule has 1 aromatic carbocycles. The Balaban J connectivity index is 2.89. The van der Waals surface area contributed by atoms with Crippen molar-refractivity contribution in [3.05, 3.63) is 38.1 Å². The first-order valence-corrected chi connectivity index (χ1v) is 5.65. The normalized spacial score (nSPS) is 10.9. The van der Waals surface area contributed by atoms with E-state index in [0.29, 0.717) is 25.0 Å². The quantitative estimate of drug-likeness (QED) is 0.642. The van der Waals surface area contributed by atoms with Crippen LogP contribution in [0.4, 0.5) is 4.39 Å². The van der Waals surface area contributed by atoms with Crippen molar-refractivity contribution in [3.63, 3.8) is 0 Å². The molecule has 5 heteroatoms. The molecule has 1 nitrogen and oxygen atoms in total. The van der Waals surface area contributed by atoms with Gasteiger partial charge in [0, 0.05) is 9.86 Å². The zero-order valence-corrected chi connectivity index (χ0v) is 10.6. The maximum absolute atomic E-state index is 13.0. The molecule has 0 aliphatic heterocycles. The van der Waals surface area contributed by atoms with Crippen LogP contribution in [0, 0.1) is 5.82 Å². The maximum Gasteiger partial charge on any atom is 0.143 e. The molecule has 0 amide bonds. The van der Waals surface area contributed by atoms with Crippen molar-refractivity contribution in [2.45, 2.75) is 0 Å². The van der Waals surface area contributed by atoms with E-state index in [-0.39, 0.29) is 5.82 Å². The lowest BCUT2D eigenvalue weighted by Gasteiger charge is -2.02. The van der Waals surface area contributed by atoms with Gasteiger partial charge in [0.15, 0.2) is 0 Å². The van der Waals surface area contributed by atoms with Gasteiger partial charge in [0.1, 0.15) is 11.0 Å². The Morgan fingerprint density at radius 3 is 2.57 bits per heavy atom. The minimum atomic E-state index is -0.305. The third-order valence-electron chi connectivity index (χ3n) is 1.75. The van der Waals surface area contributed by atoms with Gasteiger partial charge in [0.2, 0.25) is 0 Å². The van der Waals surface area contributed by atoms with Gasteiger partial charge in [-0.05, 0) is 50.1 Å². The molecule has 1 aromatic heterocycles. The molecule has 0 atom stereocenters. The average Bonchev–Trinajstić information content (AvgIpc) is 2.08. The van der Waals surface area contributed by atoms with E-state index >= 15 is 0 Å². The van der Waals surface area contributed by atoms with Gasteiger partial charge in [-0.2, -0.15) is 0 Å². The Morgan fingerprint density at radius 2 is 1.86 bits per heavy atom. The number of benzene rings is 1. The Bertz CT molecular complexity index is 516. The molecule has 0 aliphatic rings. The Morgan fingerprint density at radius 1 is 1.14 bits per heavy atom. The summed E-state index contributed by atoms with van der Waals surface area (Å²) in [5.74, 6) is -0.305. The summed E-state index contributed by atoms with van der Waals surface area (Å²) >= 11 is 12.3. The first kappa shape index (κ1) is 10.3. The lowest BCUT2D eigenvalue weighted by Crippen LogP contribution is -1.85. The van der Waals surface area contributed by atoms with Crippen LogP contribution in [0.25, 0.3) is 10.9 Å².